The Hall–Kier alpha value is -2.52. The second-order valence-corrected chi connectivity index (χ2v) is 5.88. The van der Waals surface area contributed by atoms with E-state index in [1.165, 1.54) is 22.8 Å². The number of rotatable bonds is 3. The third-order valence-corrected chi connectivity index (χ3v) is 3.71. The molecule has 23 heavy (non-hydrogen) atoms. The number of hydrogen-bond donors (Lipinski definition) is 1. The van der Waals surface area contributed by atoms with E-state index in [9.17, 15) is 13.6 Å². The van der Waals surface area contributed by atoms with Crippen molar-refractivity contribution in [2.24, 2.45) is 7.05 Å². The van der Waals surface area contributed by atoms with Crippen LogP contribution in [-0.2, 0) is 12.5 Å². The van der Waals surface area contributed by atoms with Gasteiger partial charge in [0.15, 0.2) is 5.69 Å². The molecule has 2 aromatic rings. The van der Waals surface area contributed by atoms with Crippen LogP contribution < -0.4 is 5.32 Å². The maximum atomic E-state index is 12.9. The monoisotopic (exact) mass is 326 g/mol. The van der Waals surface area contributed by atoms with Gasteiger partial charge in [-0.1, -0.05) is 0 Å². The Kier molecular flexibility index (Phi) is 3.53. The molecule has 8 nitrogen and oxygen atoms in total. The summed E-state index contributed by atoms with van der Waals surface area (Å²) in [7, 11) is 1.51. The number of urea groups is 1. The highest BCUT2D eigenvalue weighted by Gasteiger charge is 2.46. The van der Waals surface area contributed by atoms with Gasteiger partial charge in [0.2, 0.25) is 11.8 Å². The highest BCUT2D eigenvalue weighted by Crippen LogP contribution is 2.34. The predicted molar refractivity (Wildman–Crippen MR) is 75.1 cm³/mol. The van der Waals surface area contributed by atoms with Gasteiger partial charge in [0.1, 0.15) is 0 Å². The first-order valence-electron chi connectivity index (χ1n) is 6.97. The van der Waals surface area contributed by atoms with Crippen molar-refractivity contribution in [2.45, 2.75) is 25.7 Å². The summed E-state index contributed by atoms with van der Waals surface area (Å²) in [4.78, 5) is 13.7. The summed E-state index contributed by atoms with van der Waals surface area (Å²) >= 11 is 0. The number of nitrogens with zero attached hydrogens (tertiary/aromatic N) is 5. The van der Waals surface area contributed by atoms with E-state index in [1.807, 2.05) is 6.92 Å². The summed E-state index contributed by atoms with van der Waals surface area (Å²) in [6.45, 7) is 4.32. The fraction of sp³-hybridized carbons (Fsp3) is 0.538. The molecule has 2 aromatic heterocycles. The Morgan fingerprint density at radius 1 is 1.43 bits per heavy atom. The van der Waals surface area contributed by atoms with Crippen LogP contribution in [-0.4, -0.2) is 44.0 Å². The first kappa shape index (κ1) is 15.4. The van der Waals surface area contributed by atoms with Crippen molar-refractivity contribution in [2.75, 3.05) is 18.4 Å². The van der Waals surface area contributed by atoms with Crippen LogP contribution in [0.15, 0.2) is 10.6 Å². The van der Waals surface area contributed by atoms with Crippen LogP contribution >= 0.6 is 0 Å². The fourth-order valence-electron chi connectivity index (χ4n) is 2.57. The smallest absolute Gasteiger partial charge is 0.322 e. The van der Waals surface area contributed by atoms with Crippen molar-refractivity contribution in [3.63, 3.8) is 0 Å². The summed E-state index contributed by atoms with van der Waals surface area (Å²) in [6, 6.07) is -0.464. The molecular formula is C13H16F2N6O2. The molecule has 0 bridgehead atoms. The molecule has 1 aliphatic rings. The maximum Gasteiger partial charge on any atom is 0.322 e. The number of hydrogen-bond acceptors (Lipinski definition) is 5. The number of anilines is 1. The van der Waals surface area contributed by atoms with Gasteiger partial charge < -0.3 is 14.6 Å². The zero-order valence-electron chi connectivity index (χ0n) is 12.9. The van der Waals surface area contributed by atoms with Crippen LogP contribution in [0.25, 0.3) is 0 Å². The Labute approximate surface area is 130 Å². The Balaban J connectivity index is 1.65. The van der Waals surface area contributed by atoms with Gasteiger partial charge in [-0.25, -0.2) is 13.6 Å². The first-order valence-corrected chi connectivity index (χ1v) is 6.97. The second kappa shape index (κ2) is 5.28. The molecular weight excluding hydrogens is 310 g/mol. The lowest BCUT2D eigenvalue weighted by Gasteiger charge is -2.45. The van der Waals surface area contributed by atoms with Crippen LogP contribution in [0.3, 0.4) is 0 Å². The van der Waals surface area contributed by atoms with Crippen LogP contribution in [0.2, 0.25) is 0 Å². The number of halogens is 2. The van der Waals surface area contributed by atoms with E-state index in [-0.39, 0.29) is 5.69 Å². The second-order valence-electron chi connectivity index (χ2n) is 5.88. The molecule has 0 saturated carbocycles. The van der Waals surface area contributed by atoms with Gasteiger partial charge >= 0.3 is 6.03 Å². The van der Waals surface area contributed by atoms with Crippen LogP contribution in [0.1, 0.15) is 30.8 Å². The molecule has 3 rings (SSSR count). The van der Waals surface area contributed by atoms with Crippen LogP contribution in [0.5, 0.6) is 0 Å². The van der Waals surface area contributed by atoms with Gasteiger partial charge in [-0.3, -0.25) is 4.68 Å². The Morgan fingerprint density at radius 2 is 2.13 bits per heavy atom. The standard InChI is InChI=1S/C13H16F2N6O2/c1-7-17-18-11(23-7)13(2)5-21(6-13)12(22)16-8-4-20(3)19-9(8)10(14)15/h4,10H,5-6H2,1-3H3,(H,16,22). The lowest BCUT2D eigenvalue weighted by molar-refractivity contribution is 0.0917. The molecule has 1 N–H and O–H groups in total. The number of nitrogens with one attached hydrogen (secondary N) is 1. The van der Waals surface area contributed by atoms with Crippen molar-refractivity contribution in [1.29, 1.82) is 0 Å². The van der Waals surface area contributed by atoms with Gasteiger partial charge in [-0.2, -0.15) is 5.10 Å². The highest BCUT2D eigenvalue weighted by atomic mass is 19.3. The number of carbonyl (C=O) groups excluding carboxylic acids is 1. The summed E-state index contributed by atoms with van der Waals surface area (Å²) < 4.78 is 32.4. The molecule has 1 aliphatic heterocycles. The van der Waals surface area contributed by atoms with Gasteiger partial charge in [-0.15, -0.1) is 10.2 Å². The quantitative estimate of drug-likeness (QED) is 0.930. The average molecular weight is 326 g/mol. The molecule has 0 spiro atoms. The van der Waals surface area contributed by atoms with E-state index in [1.54, 1.807) is 6.92 Å². The summed E-state index contributed by atoms with van der Waals surface area (Å²) in [5.74, 6) is 0.926. The first-order chi connectivity index (χ1) is 10.8. The zero-order valence-corrected chi connectivity index (χ0v) is 12.9. The normalized spacial score (nSPS) is 16.5. The Bertz CT molecular complexity index is 735. The lowest BCUT2D eigenvalue weighted by Crippen LogP contribution is -2.60. The van der Waals surface area contributed by atoms with Gasteiger partial charge in [0.25, 0.3) is 6.43 Å². The predicted octanol–water partition coefficient (Wildman–Crippen LogP) is 1.85. The van der Waals surface area contributed by atoms with Gasteiger partial charge in [-0.05, 0) is 6.92 Å². The van der Waals surface area contributed by atoms with Crippen molar-refractivity contribution < 1.29 is 18.0 Å². The lowest BCUT2D eigenvalue weighted by atomic mass is 9.82. The number of aryl methyl sites for hydroxylation is 2. The molecule has 1 fully saturated rings. The molecule has 124 valence electrons. The minimum atomic E-state index is -2.76. The molecule has 0 aromatic carbocycles. The molecule has 0 unspecified atom stereocenters. The van der Waals surface area contributed by atoms with Crippen molar-refractivity contribution >= 4 is 11.7 Å². The number of carbonyl (C=O) groups is 1. The molecule has 3 heterocycles. The summed E-state index contributed by atoms with van der Waals surface area (Å²) in [5, 5.41) is 13.9. The molecule has 0 atom stereocenters. The van der Waals surface area contributed by atoms with E-state index in [0.717, 1.165) is 0 Å². The largest absolute Gasteiger partial charge is 0.425 e. The van der Waals surface area contributed by atoms with Crippen molar-refractivity contribution in [3.8, 4) is 0 Å². The number of alkyl halides is 2. The summed E-state index contributed by atoms with van der Waals surface area (Å²) in [5.41, 5.74) is -0.856. The van der Waals surface area contributed by atoms with E-state index in [2.05, 4.69) is 20.6 Å². The number of likely N-dealkylation sites (tertiary alicyclic amines) is 1. The van der Waals surface area contributed by atoms with Crippen LogP contribution in [0, 0.1) is 6.92 Å². The third-order valence-electron chi connectivity index (χ3n) is 3.71. The molecule has 0 aliphatic carbocycles. The SMILES string of the molecule is Cc1nnc(C2(C)CN(C(=O)Nc3cn(C)nc3C(F)F)C2)o1. The summed E-state index contributed by atoms with van der Waals surface area (Å²) in [6.07, 6.45) is -1.41. The minimum Gasteiger partial charge on any atom is -0.425 e. The third kappa shape index (κ3) is 2.76. The fourth-order valence-corrected chi connectivity index (χ4v) is 2.57. The van der Waals surface area contributed by atoms with Gasteiger partial charge in [0.05, 0.1) is 11.1 Å². The molecule has 2 amide bonds. The molecule has 10 heteroatoms. The van der Waals surface area contributed by atoms with Crippen molar-refractivity contribution in [1.82, 2.24) is 24.9 Å². The maximum absolute atomic E-state index is 12.9. The van der Waals surface area contributed by atoms with Crippen molar-refractivity contribution in [3.05, 3.63) is 23.7 Å². The van der Waals surface area contributed by atoms with Crippen LogP contribution in [0.4, 0.5) is 19.3 Å². The van der Waals surface area contributed by atoms with Gasteiger partial charge in [0, 0.05) is 33.3 Å². The van der Waals surface area contributed by atoms with E-state index in [4.69, 9.17) is 4.42 Å². The van der Waals surface area contributed by atoms with E-state index >= 15 is 0 Å². The van der Waals surface area contributed by atoms with E-state index in [0.29, 0.717) is 24.9 Å². The molecule has 0 radical (unpaired) electrons. The average Bonchev–Trinajstić information content (AvgIpc) is 3.01. The molecule has 1 saturated heterocycles. The topological polar surface area (TPSA) is 89.1 Å². The highest BCUT2D eigenvalue weighted by molar-refractivity contribution is 5.90. The zero-order chi connectivity index (χ0) is 16.8. The number of amides is 2. The number of aromatic nitrogens is 4. The van der Waals surface area contributed by atoms with E-state index < -0.39 is 23.6 Å². The minimum absolute atomic E-state index is 0.00902. The Morgan fingerprint density at radius 3 is 2.70 bits per heavy atom.